The Bertz CT molecular complexity index is 1150. The lowest BCUT2D eigenvalue weighted by Crippen LogP contribution is -2.44. The Kier molecular flexibility index (Phi) is 6.91. The van der Waals surface area contributed by atoms with Gasteiger partial charge in [0.2, 0.25) is 5.95 Å². The molecule has 10 nitrogen and oxygen atoms in total. The summed E-state index contributed by atoms with van der Waals surface area (Å²) in [4.78, 5) is 18.9. The summed E-state index contributed by atoms with van der Waals surface area (Å²) in [6, 6.07) is 14.2. The summed E-state index contributed by atoms with van der Waals surface area (Å²) in [5.41, 5.74) is 8.35. The number of hydrogen-bond acceptors (Lipinski definition) is 9. The Morgan fingerprint density at radius 2 is 1.91 bits per heavy atom. The van der Waals surface area contributed by atoms with Crippen molar-refractivity contribution in [2.45, 2.75) is 32.9 Å². The van der Waals surface area contributed by atoms with Crippen LogP contribution in [0.2, 0.25) is 0 Å². The predicted octanol–water partition coefficient (Wildman–Crippen LogP) is 3.05. The fourth-order valence-electron chi connectivity index (χ4n) is 4.16. The average Bonchev–Trinajstić information content (AvgIpc) is 3.54. The van der Waals surface area contributed by atoms with E-state index in [1.54, 1.807) is 0 Å². The van der Waals surface area contributed by atoms with E-state index < -0.39 is 0 Å². The molecule has 2 aliphatic rings. The van der Waals surface area contributed by atoms with Crippen LogP contribution in [-0.4, -0.2) is 65.1 Å². The van der Waals surface area contributed by atoms with Crippen molar-refractivity contribution in [1.82, 2.24) is 30.9 Å². The van der Waals surface area contributed by atoms with Gasteiger partial charge in [0.15, 0.2) is 11.6 Å². The highest BCUT2D eigenvalue weighted by Crippen LogP contribution is 2.24. The summed E-state index contributed by atoms with van der Waals surface area (Å²) >= 11 is 0. The Balaban J connectivity index is 1.35. The van der Waals surface area contributed by atoms with Crippen molar-refractivity contribution in [3.63, 3.8) is 0 Å². The number of anilines is 2. The van der Waals surface area contributed by atoms with E-state index in [-0.39, 0.29) is 0 Å². The quantitative estimate of drug-likeness (QED) is 0.475. The van der Waals surface area contributed by atoms with Crippen LogP contribution in [0, 0.1) is 5.92 Å². The van der Waals surface area contributed by atoms with Crippen LogP contribution in [0.1, 0.15) is 26.0 Å². The van der Waals surface area contributed by atoms with Gasteiger partial charge in [0, 0.05) is 56.3 Å². The first-order valence-corrected chi connectivity index (χ1v) is 12.2. The summed E-state index contributed by atoms with van der Waals surface area (Å²) in [5.74, 6) is 4.15. The second-order valence-corrected chi connectivity index (χ2v) is 9.48. The number of piperazine rings is 1. The van der Waals surface area contributed by atoms with Gasteiger partial charge in [0.1, 0.15) is 17.3 Å². The van der Waals surface area contributed by atoms with E-state index in [9.17, 15) is 0 Å². The SMILES string of the molecule is CC(C)C1C/C(=N\c2cc(N3CCN(C)CC3)nc(NCc3cc(-c4ccccc4)no3)n2)NN1. The van der Waals surface area contributed by atoms with Crippen molar-refractivity contribution in [3.8, 4) is 11.3 Å². The number of nitrogens with zero attached hydrogens (tertiary/aromatic N) is 6. The van der Waals surface area contributed by atoms with Gasteiger partial charge >= 0.3 is 0 Å². The third kappa shape index (κ3) is 5.77. The molecule has 3 N–H and O–H groups in total. The zero-order valence-electron chi connectivity index (χ0n) is 20.5. The van der Waals surface area contributed by atoms with Crippen molar-refractivity contribution in [1.29, 1.82) is 0 Å². The molecule has 2 fully saturated rings. The number of aliphatic imine (C=N–C) groups is 1. The van der Waals surface area contributed by atoms with Gasteiger partial charge in [-0.25, -0.2) is 10.4 Å². The molecule has 35 heavy (non-hydrogen) atoms. The first kappa shape index (κ1) is 23.3. The summed E-state index contributed by atoms with van der Waals surface area (Å²) in [6.07, 6.45) is 0.842. The van der Waals surface area contributed by atoms with Gasteiger partial charge in [0.25, 0.3) is 0 Å². The largest absolute Gasteiger partial charge is 0.359 e. The van der Waals surface area contributed by atoms with E-state index in [1.807, 2.05) is 42.5 Å². The van der Waals surface area contributed by atoms with Crippen molar-refractivity contribution >= 4 is 23.4 Å². The second kappa shape index (κ2) is 10.4. The molecule has 0 saturated carbocycles. The third-order valence-electron chi connectivity index (χ3n) is 6.44. The van der Waals surface area contributed by atoms with Crippen LogP contribution in [0.15, 0.2) is 52.0 Å². The van der Waals surface area contributed by atoms with E-state index in [2.05, 4.69) is 57.0 Å². The van der Waals surface area contributed by atoms with Crippen LogP contribution >= 0.6 is 0 Å². The molecule has 1 aromatic carbocycles. The molecule has 10 heteroatoms. The molecule has 0 aliphatic carbocycles. The number of aromatic nitrogens is 3. The molecule has 0 spiro atoms. The maximum atomic E-state index is 5.54. The molecule has 2 saturated heterocycles. The van der Waals surface area contributed by atoms with Gasteiger partial charge < -0.3 is 25.1 Å². The standard InChI is InChI=1S/C25H33N9O/c1-17(2)20-14-23(31-30-20)27-22-15-24(34-11-9-33(3)10-12-34)29-25(28-22)26-16-19-13-21(32-35-19)18-7-5-4-6-8-18/h4-8,13,15,17,20,30H,9-12,14,16H2,1-3H3,(H2,26,27,28,29,31). The van der Waals surface area contributed by atoms with E-state index >= 15 is 0 Å². The summed E-state index contributed by atoms with van der Waals surface area (Å²) in [7, 11) is 2.15. The smallest absolute Gasteiger partial charge is 0.227 e. The van der Waals surface area contributed by atoms with Gasteiger partial charge in [0.05, 0.1) is 6.54 Å². The zero-order valence-corrected chi connectivity index (χ0v) is 20.5. The molecule has 0 amide bonds. The summed E-state index contributed by atoms with van der Waals surface area (Å²) in [5, 5.41) is 7.51. The third-order valence-corrected chi connectivity index (χ3v) is 6.44. The van der Waals surface area contributed by atoms with E-state index in [4.69, 9.17) is 14.5 Å². The second-order valence-electron chi connectivity index (χ2n) is 9.48. The molecule has 5 rings (SSSR count). The lowest BCUT2D eigenvalue weighted by molar-refractivity contribution is 0.312. The lowest BCUT2D eigenvalue weighted by atomic mass is 10.0. The molecule has 1 unspecified atom stereocenters. The fourth-order valence-corrected chi connectivity index (χ4v) is 4.16. The minimum Gasteiger partial charge on any atom is -0.359 e. The number of amidine groups is 1. The highest BCUT2D eigenvalue weighted by molar-refractivity contribution is 5.86. The number of likely N-dealkylation sites (N-methyl/N-ethyl adjacent to an activating group) is 1. The van der Waals surface area contributed by atoms with Gasteiger partial charge in [-0.2, -0.15) is 9.97 Å². The Hall–Kier alpha value is -3.50. The fraction of sp³-hybridized carbons (Fsp3) is 0.440. The molecule has 0 radical (unpaired) electrons. The number of benzene rings is 1. The molecule has 2 aliphatic heterocycles. The van der Waals surface area contributed by atoms with Gasteiger partial charge in [-0.3, -0.25) is 0 Å². The lowest BCUT2D eigenvalue weighted by Gasteiger charge is -2.33. The Morgan fingerprint density at radius 1 is 1.11 bits per heavy atom. The van der Waals surface area contributed by atoms with Crippen LogP contribution in [0.3, 0.4) is 0 Å². The molecular weight excluding hydrogens is 442 g/mol. The highest BCUT2D eigenvalue weighted by Gasteiger charge is 2.23. The number of rotatable bonds is 7. The molecule has 3 aromatic rings. The monoisotopic (exact) mass is 475 g/mol. The highest BCUT2D eigenvalue weighted by atomic mass is 16.5. The maximum Gasteiger partial charge on any atom is 0.227 e. The van der Waals surface area contributed by atoms with Crippen LogP contribution in [-0.2, 0) is 6.54 Å². The summed E-state index contributed by atoms with van der Waals surface area (Å²) in [6.45, 7) is 8.66. The van der Waals surface area contributed by atoms with Crippen LogP contribution in [0.5, 0.6) is 0 Å². The molecule has 4 heterocycles. The van der Waals surface area contributed by atoms with E-state index in [0.717, 1.165) is 55.5 Å². The molecular formula is C25H33N9O. The first-order chi connectivity index (χ1) is 17.0. The van der Waals surface area contributed by atoms with Crippen LogP contribution < -0.4 is 21.1 Å². The zero-order chi connectivity index (χ0) is 24.2. The summed E-state index contributed by atoms with van der Waals surface area (Å²) < 4.78 is 5.54. The van der Waals surface area contributed by atoms with Crippen molar-refractivity contribution in [2.75, 3.05) is 43.4 Å². The van der Waals surface area contributed by atoms with Gasteiger partial charge in [-0.1, -0.05) is 49.3 Å². The topological polar surface area (TPSA) is 107 Å². The number of nitrogens with one attached hydrogen (secondary N) is 3. The molecule has 2 aromatic heterocycles. The minimum atomic E-state index is 0.357. The number of hydrogen-bond donors (Lipinski definition) is 3. The first-order valence-electron chi connectivity index (χ1n) is 12.2. The van der Waals surface area contributed by atoms with E-state index in [1.165, 1.54) is 0 Å². The average molecular weight is 476 g/mol. The van der Waals surface area contributed by atoms with Crippen molar-refractivity contribution in [3.05, 3.63) is 48.2 Å². The Morgan fingerprint density at radius 3 is 2.66 bits per heavy atom. The predicted molar refractivity (Wildman–Crippen MR) is 138 cm³/mol. The van der Waals surface area contributed by atoms with E-state index in [0.29, 0.717) is 36.0 Å². The minimum absolute atomic E-state index is 0.357. The van der Waals surface area contributed by atoms with Gasteiger partial charge in [-0.05, 0) is 13.0 Å². The Labute approximate surface area is 205 Å². The van der Waals surface area contributed by atoms with Crippen molar-refractivity contribution in [2.24, 2.45) is 10.9 Å². The van der Waals surface area contributed by atoms with Crippen LogP contribution in [0.4, 0.5) is 17.6 Å². The molecule has 0 bridgehead atoms. The maximum absolute atomic E-state index is 5.54. The van der Waals surface area contributed by atoms with Crippen molar-refractivity contribution < 1.29 is 4.52 Å². The van der Waals surface area contributed by atoms with Gasteiger partial charge in [-0.15, -0.1) is 0 Å². The molecule has 184 valence electrons. The molecule has 1 atom stereocenters. The number of hydrazine groups is 1. The normalized spacial score (nSPS) is 19.9. The van der Waals surface area contributed by atoms with Crippen LogP contribution in [0.25, 0.3) is 11.3 Å².